The fourth-order valence-corrected chi connectivity index (χ4v) is 4.85. The maximum Gasteiger partial charge on any atom is 0.250 e. The highest BCUT2D eigenvalue weighted by molar-refractivity contribution is 7.98. The number of aryl methyl sites for hydroxylation is 1. The molecule has 3 N–H and O–H groups in total. The minimum absolute atomic E-state index is 0.0706. The number of rotatable bonds is 6. The average Bonchev–Trinajstić information content (AvgIpc) is 2.59. The van der Waals surface area contributed by atoms with Crippen molar-refractivity contribution in [3.8, 4) is 0 Å². The van der Waals surface area contributed by atoms with Crippen LogP contribution in [0.5, 0.6) is 0 Å². The van der Waals surface area contributed by atoms with Crippen LogP contribution >= 0.6 is 23.1 Å². The van der Waals surface area contributed by atoms with Crippen LogP contribution in [0.15, 0.2) is 10.3 Å². The van der Waals surface area contributed by atoms with Crippen molar-refractivity contribution in [3.63, 3.8) is 0 Å². The lowest BCUT2D eigenvalue weighted by molar-refractivity contribution is 0.573. The summed E-state index contributed by atoms with van der Waals surface area (Å²) in [6.45, 7) is 4.12. The Labute approximate surface area is 111 Å². The fourth-order valence-electron chi connectivity index (χ4n) is 1.43. The molecule has 0 aromatic carbocycles. The molecule has 17 heavy (non-hydrogen) atoms. The van der Waals surface area contributed by atoms with E-state index in [4.69, 9.17) is 5.73 Å². The van der Waals surface area contributed by atoms with Gasteiger partial charge in [-0.3, -0.25) is 0 Å². The number of thiophene rings is 1. The zero-order valence-electron chi connectivity index (χ0n) is 10.2. The van der Waals surface area contributed by atoms with Gasteiger partial charge in [-0.25, -0.2) is 13.1 Å². The quantitative estimate of drug-likeness (QED) is 0.835. The highest BCUT2D eigenvalue weighted by atomic mass is 32.2. The number of nitrogens with one attached hydrogen (secondary N) is 1. The summed E-state index contributed by atoms with van der Waals surface area (Å²) < 4.78 is 27.1. The molecule has 1 heterocycles. The molecule has 7 heteroatoms. The van der Waals surface area contributed by atoms with Gasteiger partial charge in [0.15, 0.2) is 0 Å². The lowest BCUT2D eigenvalue weighted by atomic mass is 10.3. The molecule has 1 aromatic rings. The first kappa shape index (κ1) is 15.0. The van der Waals surface area contributed by atoms with Crippen molar-refractivity contribution >= 4 is 33.1 Å². The monoisotopic (exact) mass is 294 g/mol. The predicted molar refractivity (Wildman–Crippen MR) is 75.1 cm³/mol. The molecule has 4 nitrogen and oxygen atoms in total. The number of thioether (sulfide) groups is 1. The Morgan fingerprint density at radius 2 is 2.24 bits per heavy atom. The Hall–Kier alpha value is -0.0800. The van der Waals surface area contributed by atoms with Crippen LogP contribution in [-0.4, -0.2) is 26.5 Å². The van der Waals surface area contributed by atoms with Crippen molar-refractivity contribution in [3.05, 3.63) is 16.5 Å². The molecule has 1 atom stereocenters. The van der Waals surface area contributed by atoms with Crippen molar-refractivity contribution < 1.29 is 8.42 Å². The second-order valence-corrected chi connectivity index (χ2v) is 7.84. The van der Waals surface area contributed by atoms with Gasteiger partial charge in [-0.2, -0.15) is 11.8 Å². The van der Waals surface area contributed by atoms with Gasteiger partial charge in [0, 0.05) is 23.2 Å². The third-order valence-electron chi connectivity index (χ3n) is 2.22. The van der Waals surface area contributed by atoms with Crippen LogP contribution in [0.4, 0.5) is 0 Å². The molecule has 0 aliphatic carbocycles. The largest absolute Gasteiger partial charge is 0.326 e. The Morgan fingerprint density at radius 1 is 1.59 bits per heavy atom. The molecule has 0 bridgehead atoms. The van der Waals surface area contributed by atoms with E-state index in [0.717, 1.165) is 16.2 Å². The van der Waals surface area contributed by atoms with E-state index in [-0.39, 0.29) is 6.04 Å². The fraction of sp³-hybridized carbons (Fsp3) is 0.600. The number of nitrogens with two attached hydrogens (primary N) is 1. The van der Waals surface area contributed by atoms with E-state index in [0.29, 0.717) is 10.8 Å². The highest BCUT2D eigenvalue weighted by Gasteiger charge is 2.20. The van der Waals surface area contributed by atoms with Gasteiger partial charge in [-0.1, -0.05) is 0 Å². The summed E-state index contributed by atoms with van der Waals surface area (Å²) in [5, 5.41) is 0. The minimum Gasteiger partial charge on any atom is -0.326 e. The average molecular weight is 294 g/mol. The molecule has 0 aliphatic heterocycles. The van der Waals surface area contributed by atoms with Crippen molar-refractivity contribution in [2.45, 2.75) is 30.6 Å². The van der Waals surface area contributed by atoms with Gasteiger partial charge in [0.2, 0.25) is 10.0 Å². The minimum atomic E-state index is -3.39. The zero-order valence-corrected chi connectivity index (χ0v) is 12.6. The predicted octanol–water partition coefficient (Wildman–Crippen LogP) is 1.55. The summed E-state index contributed by atoms with van der Waals surface area (Å²) in [5.74, 6) is 0.757. The van der Waals surface area contributed by atoms with Crippen molar-refractivity contribution in [2.24, 2.45) is 5.73 Å². The summed E-state index contributed by atoms with van der Waals surface area (Å²) in [4.78, 5) is 0.919. The molecular weight excluding hydrogens is 276 g/mol. The summed E-state index contributed by atoms with van der Waals surface area (Å²) >= 11 is 2.86. The lowest BCUT2D eigenvalue weighted by Crippen LogP contribution is -2.33. The Morgan fingerprint density at radius 3 is 2.71 bits per heavy atom. The maximum absolute atomic E-state index is 12.0. The normalized spacial score (nSPS) is 13.9. The lowest BCUT2D eigenvalue weighted by Gasteiger charge is -2.11. The van der Waals surface area contributed by atoms with Gasteiger partial charge in [0.25, 0.3) is 0 Å². The molecular formula is C10H18N2O2S3. The van der Waals surface area contributed by atoms with E-state index in [2.05, 4.69) is 4.72 Å². The SMILES string of the molecule is CSCC(C)NS(=O)(=O)c1cc(C)c(CN)s1. The summed E-state index contributed by atoms with van der Waals surface area (Å²) in [6.07, 6.45) is 1.95. The Balaban J connectivity index is 2.89. The number of hydrogen-bond donors (Lipinski definition) is 2. The topological polar surface area (TPSA) is 72.2 Å². The molecule has 1 rings (SSSR count). The first-order valence-corrected chi connectivity index (χ1v) is 8.90. The van der Waals surface area contributed by atoms with Crippen LogP contribution in [0, 0.1) is 6.92 Å². The van der Waals surface area contributed by atoms with E-state index in [1.165, 1.54) is 11.3 Å². The van der Waals surface area contributed by atoms with Gasteiger partial charge in [0.1, 0.15) is 4.21 Å². The third-order valence-corrected chi connectivity index (χ3v) is 6.38. The number of sulfonamides is 1. The third kappa shape index (κ3) is 3.96. The summed E-state index contributed by atoms with van der Waals surface area (Å²) in [7, 11) is -3.39. The molecule has 0 spiro atoms. The number of hydrogen-bond acceptors (Lipinski definition) is 5. The van der Waals surface area contributed by atoms with Crippen molar-refractivity contribution in [2.75, 3.05) is 12.0 Å². The van der Waals surface area contributed by atoms with Crippen LogP contribution in [0.25, 0.3) is 0 Å². The maximum atomic E-state index is 12.0. The first-order valence-electron chi connectivity index (χ1n) is 5.21. The Bertz CT molecular complexity index is 468. The van der Waals surface area contributed by atoms with Gasteiger partial charge in [0.05, 0.1) is 0 Å². The van der Waals surface area contributed by atoms with Gasteiger partial charge in [-0.15, -0.1) is 11.3 Å². The van der Waals surface area contributed by atoms with Crippen LogP contribution in [0.2, 0.25) is 0 Å². The first-order chi connectivity index (χ1) is 7.90. The van der Waals surface area contributed by atoms with E-state index >= 15 is 0 Å². The van der Waals surface area contributed by atoms with Gasteiger partial charge < -0.3 is 5.73 Å². The Kier molecular flexibility index (Phi) is 5.46. The second kappa shape index (κ2) is 6.19. The zero-order chi connectivity index (χ0) is 13.1. The van der Waals surface area contributed by atoms with E-state index in [1.54, 1.807) is 17.8 Å². The molecule has 0 amide bonds. The van der Waals surface area contributed by atoms with Gasteiger partial charge in [-0.05, 0) is 31.7 Å². The standard InChI is InChI=1S/C10H18N2O2S3/c1-7-4-10(16-9(7)5-11)17(13,14)12-8(2)6-15-3/h4,8,12H,5-6,11H2,1-3H3. The van der Waals surface area contributed by atoms with Crippen molar-refractivity contribution in [1.82, 2.24) is 4.72 Å². The molecule has 0 saturated carbocycles. The van der Waals surface area contributed by atoms with Crippen LogP contribution in [0.1, 0.15) is 17.4 Å². The molecule has 0 aliphatic rings. The molecule has 0 fully saturated rings. The molecule has 0 saturated heterocycles. The van der Waals surface area contributed by atoms with Gasteiger partial charge >= 0.3 is 0 Å². The van der Waals surface area contributed by atoms with Crippen LogP contribution in [-0.2, 0) is 16.6 Å². The highest BCUT2D eigenvalue weighted by Crippen LogP contribution is 2.25. The van der Waals surface area contributed by atoms with E-state index in [9.17, 15) is 8.42 Å². The summed E-state index contributed by atoms with van der Waals surface area (Å²) in [6, 6.07) is 1.61. The molecule has 1 aromatic heterocycles. The van der Waals surface area contributed by atoms with Crippen molar-refractivity contribution in [1.29, 1.82) is 0 Å². The molecule has 98 valence electrons. The smallest absolute Gasteiger partial charge is 0.250 e. The summed E-state index contributed by atoms with van der Waals surface area (Å²) in [5.41, 5.74) is 6.49. The van der Waals surface area contributed by atoms with E-state index < -0.39 is 10.0 Å². The molecule has 0 radical (unpaired) electrons. The molecule has 1 unspecified atom stereocenters. The van der Waals surface area contributed by atoms with Crippen LogP contribution in [0.3, 0.4) is 0 Å². The second-order valence-electron chi connectivity index (χ2n) is 3.85. The van der Waals surface area contributed by atoms with Crippen LogP contribution < -0.4 is 10.5 Å². The van der Waals surface area contributed by atoms with E-state index in [1.807, 2.05) is 20.1 Å².